The van der Waals surface area contributed by atoms with Crippen LogP contribution in [0.15, 0.2) is 36.1 Å². The van der Waals surface area contributed by atoms with Gasteiger partial charge >= 0.3 is 0 Å². The fourth-order valence-corrected chi connectivity index (χ4v) is 4.59. The Balaban J connectivity index is 1.68. The molecule has 29 heavy (non-hydrogen) atoms. The highest BCUT2D eigenvalue weighted by atomic mass is 19.1. The summed E-state index contributed by atoms with van der Waals surface area (Å²) in [5.74, 6) is 1.45. The maximum Gasteiger partial charge on any atom is 0.232 e. The molecule has 0 saturated carbocycles. The van der Waals surface area contributed by atoms with Crippen LogP contribution in [0.3, 0.4) is 0 Å². The van der Waals surface area contributed by atoms with Crippen LogP contribution in [0.25, 0.3) is 6.08 Å². The summed E-state index contributed by atoms with van der Waals surface area (Å²) in [4.78, 5) is 15.3. The minimum absolute atomic E-state index is 0.156. The number of Topliss-reactive ketones (excluding diaryl/α,β-unsaturated/α-hetero) is 1. The lowest BCUT2D eigenvalue weighted by Gasteiger charge is -2.35. The van der Waals surface area contributed by atoms with Crippen LogP contribution in [0.2, 0.25) is 0 Å². The number of nitrogens with zero attached hydrogens (tertiary/aromatic N) is 1. The van der Waals surface area contributed by atoms with Gasteiger partial charge in [0.05, 0.1) is 11.1 Å². The van der Waals surface area contributed by atoms with Crippen LogP contribution in [-0.4, -0.2) is 28.9 Å². The van der Waals surface area contributed by atoms with Crippen LogP contribution in [-0.2, 0) is 6.54 Å². The normalized spacial score (nSPS) is 23.3. The Bertz CT molecular complexity index is 971. The lowest BCUT2D eigenvalue weighted by molar-refractivity contribution is 0.101. The van der Waals surface area contributed by atoms with E-state index in [2.05, 4.69) is 18.7 Å². The van der Waals surface area contributed by atoms with Crippen molar-refractivity contribution >= 4 is 11.9 Å². The molecule has 152 valence electrons. The number of aromatic hydroxyl groups is 1. The number of piperidine rings is 1. The largest absolute Gasteiger partial charge is 0.507 e. The Labute approximate surface area is 170 Å². The van der Waals surface area contributed by atoms with Gasteiger partial charge in [-0.15, -0.1) is 0 Å². The number of hydrogen-bond acceptors (Lipinski definition) is 4. The van der Waals surface area contributed by atoms with Crippen molar-refractivity contribution in [2.45, 2.75) is 33.7 Å². The molecule has 0 aliphatic carbocycles. The molecule has 2 heterocycles. The van der Waals surface area contributed by atoms with E-state index in [1.807, 2.05) is 0 Å². The van der Waals surface area contributed by atoms with Crippen LogP contribution >= 0.6 is 0 Å². The van der Waals surface area contributed by atoms with Crippen molar-refractivity contribution in [2.75, 3.05) is 13.1 Å². The van der Waals surface area contributed by atoms with Gasteiger partial charge in [-0.25, -0.2) is 4.39 Å². The summed E-state index contributed by atoms with van der Waals surface area (Å²) in [6.45, 7) is 8.74. The third-order valence-electron chi connectivity index (χ3n) is 5.71. The van der Waals surface area contributed by atoms with Crippen molar-refractivity contribution in [3.63, 3.8) is 0 Å². The molecule has 0 bridgehead atoms. The van der Waals surface area contributed by atoms with Crippen molar-refractivity contribution < 1.29 is 19.0 Å². The molecule has 1 N–H and O–H groups in total. The summed E-state index contributed by atoms with van der Waals surface area (Å²) < 4.78 is 19.1. The highest BCUT2D eigenvalue weighted by Gasteiger charge is 2.34. The van der Waals surface area contributed by atoms with Gasteiger partial charge in [-0.2, -0.15) is 0 Å². The number of likely N-dealkylation sites (tertiary alicyclic amines) is 1. The van der Waals surface area contributed by atoms with Crippen LogP contribution in [0.1, 0.15) is 47.3 Å². The van der Waals surface area contributed by atoms with Gasteiger partial charge in [-0.1, -0.05) is 26.0 Å². The number of halogens is 1. The van der Waals surface area contributed by atoms with E-state index in [4.69, 9.17) is 4.74 Å². The third-order valence-corrected chi connectivity index (χ3v) is 5.71. The van der Waals surface area contributed by atoms with Gasteiger partial charge in [0.15, 0.2) is 5.76 Å². The first-order chi connectivity index (χ1) is 13.8. The first kappa shape index (κ1) is 19.6. The summed E-state index contributed by atoms with van der Waals surface area (Å²) in [5.41, 5.74) is 2.53. The number of phenols is 1. The Kier molecular flexibility index (Phi) is 5.17. The van der Waals surface area contributed by atoms with Gasteiger partial charge in [0.1, 0.15) is 17.3 Å². The van der Waals surface area contributed by atoms with Crippen molar-refractivity contribution in [3.05, 3.63) is 64.2 Å². The average molecular weight is 395 g/mol. The van der Waals surface area contributed by atoms with Gasteiger partial charge in [0, 0.05) is 19.6 Å². The van der Waals surface area contributed by atoms with Gasteiger partial charge in [0.25, 0.3) is 0 Å². The van der Waals surface area contributed by atoms with E-state index < -0.39 is 0 Å². The zero-order valence-electron chi connectivity index (χ0n) is 17.0. The molecule has 1 fully saturated rings. The van der Waals surface area contributed by atoms with Crippen LogP contribution in [0.5, 0.6) is 11.5 Å². The molecule has 2 aromatic carbocycles. The number of benzene rings is 2. The predicted octanol–water partition coefficient (Wildman–Crippen LogP) is 4.93. The highest BCUT2D eigenvalue weighted by Crippen LogP contribution is 2.42. The second-order valence-corrected chi connectivity index (χ2v) is 8.53. The molecule has 4 rings (SSSR count). The molecule has 1 saturated heterocycles. The quantitative estimate of drug-likeness (QED) is 0.749. The molecule has 0 radical (unpaired) electrons. The molecule has 0 spiro atoms. The van der Waals surface area contributed by atoms with Crippen molar-refractivity contribution in [1.82, 2.24) is 4.90 Å². The molecule has 2 aromatic rings. The number of ketones is 1. The Morgan fingerprint density at radius 2 is 1.86 bits per heavy atom. The first-order valence-electron chi connectivity index (χ1n) is 10.1. The topological polar surface area (TPSA) is 49.8 Å². The smallest absolute Gasteiger partial charge is 0.232 e. The lowest BCUT2D eigenvalue weighted by Crippen LogP contribution is -2.38. The number of ether oxygens (including phenoxy) is 1. The number of hydrogen-bond donors (Lipinski definition) is 1. The molecule has 2 aliphatic heterocycles. The molecular weight excluding hydrogens is 369 g/mol. The molecule has 0 amide bonds. The van der Waals surface area contributed by atoms with Crippen molar-refractivity contribution in [1.29, 1.82) is 0 Å². The van der Waals surface area contributed by atoms with E-state index >= 15 is 0 Å². The van der Waals surface area contributed by atoms with Crippen molar-refractivity contribution in [3.8, 4) is 11.5 Å². The monoisotopic (exact) mass is 395 g/mol. The van der Waals surface area contributed by atoms with E-state index in [-0.39, 0.29) is 23.1 Å². The summed E-state index contributed by atoms with van der Waals surface area (Å²) in [5, 5.41) is 10.6. The second-order valence-electron chi connectivity index (χ2n) is 8.53. The maximum atomic E-state index is 13.2. The van der Waals surface area contributed by atoms with E-state index in [0.717, 1.165) is 13.1 Å². The molecule has 0 aromatic heterocycles. The van der Waals surface area contributed by atoms with Crippen LogP contribution < -0.4 is 4.74 Å². The van der Waals surface area contributed by atoms with Gasteiger partial charge in [-0.05, 0) is 60.6 Å². The fourth-order valence-electron chi connectivity index (χ4n) is 4.59. The standard InChI is InChI=1S/C24H26FNO3/c1-14-8-15(2)12-26(11-14)13-19-20(27)9-16(3)22-23(28)21(29-24(19)22)10-17-4-6-18(25)7-5-17/h4-7,9-10,14-15,27H,8,11-13H2,1-3H3/b21-10+. The molecule has 4 nitrogen and oxygen atoms in total. The molecule has 5 heteroatoms. The van der Waals surface area contributed by atoms with E-state index in [0.29, 0.717) is 46.4 Å². The minimum atomic E-state index is -0.331. The number of aryl methyl sites for hydroxylation is 1. The molecular formula is C24H26FNO3. The second kappa shape index (κ2) is 7.64. The molecule has 2 atom stereocenters. The maximum absolute atomic E-state index is 13.2. The fraction of sp³-hybridized carbons (Fsp3) is 0.375. The molecule has 2 aliphatic rings. The van der Waals surface area contributed by atoms with Gasteiger partial charge in [-0.3, -0.25) is 9.69 Å². The van der Waals surface area contributed by atoms with Crippen LogP contribution in [0, 0.1) is 24.6 Å². The first-order valence-corrected chi connectivity index (χ1v) is 10.1. The predicted molar refractivity (Wildman–Crippen MR) is 110 cm³/mol. The number of rotatable bonds is 3. The van der Waals surface area contributed by atoms with Gasteiger partial charge in [0.2, 0.25) is 5.78 Å². The average Bonchev–Trinajstić information content (AvgIpc) is 2.96. The number of carbonyl (C=O) groups excluding carboxylic acids is 1. The summed E-state index contributed by atoms with van der Waals surface area (Å²) >= 11 is 0. The SMILES string of the molecule is Cc1cc(O)c(CN2CC(C)CC(C)C2)c2c1C(=O)/C(=C\c1ccc(F)cc1)O2. The lowest BCUT2D eigenvalue weighted by atomic mass is 9.91. The Hall–Kier alpha value is -2.66. The Morgan fingerprint density at radius 3 is 2.52 bits per heavy atom. The number of allylic oxidation sites excluding steroid dienone is 1. The van der Waals surface area contributed by atoms with E-state index in [9.17, 15) is 14.3 Å². The van der Waals surface area contributed by atoms with E-state index in [1.165, 1.54) is 18.6 Å². The van der Waals surface area contributed by atoms with E-state index in [1.54, 1.807) is 31.2 Å². The summed E-state index contributed by atoms with van der Waals surface area (Å²) in [7, 11) is 0. The van der Waals surface area contributed by atoms with Gasteiger partial charge < -0.3 is 9.84 Å². The highest BCUT2D eigenvalue weighted by molar-refractivity contribution is 6.15. The third kappa shape index (κ3) is 3.92. The number of fused-ring (bicyclic) bond motifs is 1. The molecule has 2 unspecified atom stereocenters. The van der Waals surface area contributed by atoms with Crippen molar-refractivity contribution in [2.24, 2.45) is 11.8 Å². The summed E-state index contributed by atoms with van der Waals surface area (Å²) in [6, 6.07) is 7.54. The Morgan fingerprint density at radius 1 is 1.21 bits per heavy atom. The van der Waals surface area contributed by atoms with Crippen LogP contribution in [0.4, 0.5) is 4.39 Å². The number of phenolic OH excluding ortho intramolecular Hbond substituents is 1. The zero-order chi connectivity index (χ0) is 20.7. The number of carbonyl (C=O) groups is 1. The summed E-state index contributed by atoms with van der Waals surface area (Å²) in [6.07, 6.45) is 2.82. The zero-order valence-corrected chi connectivity index (χ0v) is 17.0. The minimum Gasteiger partial charge on any atom is -0.507 e.